The van der Waals surface area contributed by atoms with Crippen LogP contribution in [0.2, 0.25) is 0 Å². The predicted molar refractivity (Wildman–Crippen MR) is 160 cm³/mol. The number of halogens is 3. The molecule has 0 spiro atoms. The first kappa shape index (κ1) is 31.8. The third-order valence-corrected chi connectivity index (χ3v) is 8.56. The van der Waals surface area contributed by atoms with Crippen LogP contribution in [-0.2, 0) is 15.6 Å². The number of para-hydroxylation sites is 1. The van der Waals surface area contributed by atoms with Crippen molar-refractivity contribution in [1.29, 1.82) is 0 Å². The Kier molecular flexibility index (Phi) is 9.84. The van der Waals surface area contributed by atoms with Crippen LogP contribution in [0.5, 0.6) is 5.75 Å². The number of rotatable bonds is 9. The van der Waals surface area contributed by atoms with Gasteiger partial charge in [-0.15, -0.1) is 0 Å². The highest BCUT2D eigenvalue weighted by molar-refractivity contribution is 5.70. The van der Waals surface area contributed by atoms with E-state index in [4.69, 9.17) is 4.74 Å². The molecular weight excluding hydrogens is 539 g/mol. The standard InChI is InChI=1S/C35H42F3NO3/c1-25(40)42-32-15-9-8-13-30(32)34(35(36,37)38,28-11-6-5-7-12-28)29-20-23-39(24-21-29)22-10-14-31(41)26-16-18-27(19-17-26)33(2,3)4/h5-9,11-13,15-19,29,31,41H,10,14,20-24H2,1-4H3. The van der Waals surface area contributed by atoms with E-state index >= 15 is 13.2 Å². The Morgan fingerprint density at radius 1 is 0.905 bits per heavy atom. The Balaban J connectivity index is 1.50. The van der Waals surface area contributed by atoms with Gasteiger partial charge in [-0.3, -0.25) is 4.79 Å². The van der Waals surface area contributed by atoms with E-state index in [-0.39, 0.29) is 22.3 Å². The predicted octanol–water partition coefficient (Wildman–Crippen LogP) is 7.98. The summed E-state index contributed by atoms with van der Waals surface area (Å²) < 4.78 is 51.9. The van der Waals surface area contributed by atoms with Crippen molar-refractivity contribution in [1.82, 2.24) is 4.90 Å². The summed E-state index contributed by atoms with van der Waals surface area (Å²) in [6.07, 6.45) is -3.22. The zero-order valence-corrected chi connectivity index (χ0v) is 25.0. The van der Waals surface area contributed by atoms with Crippen LogP contribution in [0.4, 0.5) is 13.2 Å². The van der Waals surface area contributed by atoms with E-state index in [2.05, 4.69) is 37.8 Å². The molecule has 0 radical (unpaired) electrons. The van der Waals surface area contributed by atoms with Crippen molar-refractivity contribution < 1.29 is 27.8 Å². The van der Waals surface area contributed by atoms with Crippen LogP contribution in [0.1, 0.15) is 81.7 Å². The van der Waals surface area contributed by atoms with E-state index in [9.17, 15) is 9.90 Å². The summed E-state index contributed by atoms with van der Waals surface area (Å²) in [7, 11) is 0. The number of aliphatic hydroxyl groups is 1. The minimum atomic E-state index is -4.63. The van der Waals surface area contributed by atoms with Gasteiger partial charge in [0.2, 0.25) is 0 Å². The Morgan fingerprint density at radius 3 is 2.07 bits per heavy atom. The lowest BCUT2D eigenvalue weighted by atomic mass is 9.62. The highest BCUT2D eigenvalue weighted by Crippen LogP contribution is 2.56. The third-order valence-electron chi connectivity index (χ3n) is 8.56. The maximum atomic E-state index is 15.5. The average Bonchev–Trinajstić information content (AvgIpc) is 2.94. The van der Waals surface area contributed by atoms with E-state index in [0.717, 1.165) is 12.0 Å². The summed E-state index contributed by atoms with van der Waals surface area (Å²) in [5.74, 6) is -1.47. The first-order valence-corrected chi connectivity index (χ1v) is 14.7. The van der Waals surface area contributed by atoms with Crippen LogP contribution in [-0.4, -0.2) is 41.8 Å². The molecule has 0 saturated carbocycles. The van der Waals surface area contributed by atoms with Gasteiger partial charge in [-0.2, -0.15) is 13.2 Å². The zero-order chi connectivity index (χ0) is 30.5. The molecular formula is C35H42F3NO3. The molecule has 1 saturated heterocycles. The number of alkyl halides is 3. The van der Waals surface area contributed by atoms with E-state index in [1.807, 2.05) is 12.1 Å². The fourth-order valence-electron chi connectivity index (χ4n) is 6.37. The van der Waals surface area contributed by atoms with Crippen LogP contribution in [0.25, 0.3) is 0 Å². The first-order valence-electron chi connectivity index (χ1n) is 14.7. The number of carbonyl (C=O) groups excluding carboxylic acids is 1. The van der Waals surface area contributed by atoms with Crippen molar-refractivity contribution in [2.75, 3.05) is 19.6 Å². The van der Waals surface area contributed by atoms with Gasteiger partial charge in [0.05, 0.1) is 6.10 Å². The summed E-state index contributed by atoms with van der Waals surface area (Å²) in [5.41, 5.74) is -0.0771. The highest BCUT2D eigenvalue weighted by atomic mass is 19.4. The van der Waals surface area contributed by atoms with E-state index < -0.39 is 29.6 Å². The molecule has 7 heteroatoms. The third kappa shape index (κ3) is 6.90. The number of ether oxygens (including phenoxy) is 1. The topological polar surface area (TPSA) is 49.8 Å². The molecule has 2 unspecified atom stereocenters. The van der Waals surface area contributed by atoms with Crippen molar-refractivity contribution in [2.45, 2.75) is 76.5 Å². The van der Waals surface area contributed by atoms with Gasteiger partial charge in [-0.25, -0.2) is 0 Å². The Labute approximate surface area is 247 Å². The largest absolute Gasteiger partial charge is 0.426 e. The molecule has 0 aliphatic carbocycles. The number of hydrogen-bond donors (Lipinski definition) is 1. The number of carbonyl (C=O) groups is 1. The molecule has 1 aliphatic rings. The van der Waals surface area contributed by atoms with Crippen LogP contribution in [0.3, 0.4) is 0 Å². The van der Waals surface area contributed by atoms with Gasteiger partial charge >= 0.3 is 12.1 Å². The SMILES string of the molecule is CC(=O)Oc1ccccc1C(c1ccccc1)(C1CCN(CCCC(O)c2ccc(C(C)(C)C)cc2)CC1)C(F)(F)F. The molecule has 1 fully saturated rings. The Morgan fingerprint density at radius 2 is 1.50 bits per heavy atom. The molecule has 4 rings (SSSR count). The van der Waals surface area contributed by atoms with Gasteiger partial charge in [-0.05, 0) is 79.4 Å². The lowest BCUT2D eigenvalue weighted by Gasteiger charge is -2.47. The number of likely N-dealkylation sites (tertiary alicyclic amines) is 1. The maximum Gasteiger partial charge on any atom is 0.402 e. The first-order chi connectivity index (χ1) is 19.8. The number of piperidine rings is 1. The van der Waals surface area contributed by atoms with E-state index in [1.165, 1.54) is 36.8 Å². The lowest BCUT2D eigenvalue weighted by Crippen LogP contribution is -2.53. The van der Waals surface area contributed by atoms with E-state index in [1.54, 1.807) is 30.3 Å². The number of esters is 1. The van der Waals surface area contributed by atoms with Crippen molar-refractivity contribution >= 4 is 5.97 Å². The smallest absolute Gasteiger partial charge is 0.402 e. The minimum Gasteiger partial charge on any atom is -0.426 e. The van der Waals surface area contributed by atoms with Crippen molar-refractivity contribution in [2.24, 2.45) is 5.92 Å². The van der Waals surface area contributed by atoms with Crippen molar-refractivity contribution in [3.63, 3.8) is 0 Å². The van der Waals surface area contributed by atoms with E-state index in [0.29, 0.717) is 38.9 Å². The van der Waals surface area contributed by atoms with Crippen LogP contribution < -0.4 is 4.74 Å². The molecule has 1 aliphatic heterocycles. The molecule has 0 amide bonds. The molecule has 0 aromatic heterocycles. The second-order valence-electron chi connectivity index (χ2n) is 12.4. The lowest BCUT2D eigenvalue weighted by molar-refractivity contribution is -0.197. The van der Waals surface area contributed by atoms with Gasteiger partial charge in [-0.1, -0.05) is 93.6 Å². The summed E-state index contributed by atoms with van der Waals surface area (Å²) in [6, 6.07) is 22.1. The molecule has 3 aromatic carbocycles. The molecule has 42 heavy (non-hydrogen) atoms. The minimum absolute atomic E-state index is 0.0297. The fourth-order valence-corrected chi connectivity index (χ4v) is 6.37. The summed E-state index contributed by atoms with van der Waals surface area (Å²) >= 11 is 0. The monoisotopic (exact) mass is 581 g/mol. The Bertz CT molecular complexity index is 1310. The second-order valence-corrected chi connectivity index (χ2v) is 12.4. The quantitative estimate of drug-likeness (QED) is 0.206. The highest BCUT2D eigenvalue weighted by Gasteiger charge is 2.62. The summed E-state index contributed by atoms with van der Waals surface area (Å²) in [6.45, 7) is 9.39. The van der Waals surface area contributed by atoms with Gasteiger partial charge in [0, 0.05) is 12.5 Å². The number of benzene rings is 3. The van der Waals surface area contributed by atoms with Gasteiger partial charge in [0.1, 0.15) is 11.2 Å². The van der Waals surface area contributed by atoms with Gasteiger partial charge in [0.25, 0.3) is 0 Å². The summed E-state index contributed by atoms with van der Waals surface area (Å²) in [5, 5.41) is 10.7. The maximum absolute atomic E-state index is 15.5. The molecule has 3 aromatic rings. The molecule has 2 atom stereocenters. The normalized spacial score (nSPS) is 17.4. The van der Waals surface area contributed by atoms with Crippen LogP contribution >= 0.6 is 0 Å². The van der Waals surface area contributed by atoms with Crippen LogP contribution in [0.15, 0.2) is 78.9 Å². The van der Waals surface area contributed by atoms with Gasteiger partial charge < -0.3 is 14.7 Å². The average molecular weight is 582 g/mol. The second kappa shape index (κ2) is 13.0. The number of aliphatic hydroxyl groups excluding tert-OH is 1. The number of hydrogen-bond acceptors (Lipinski definition) is 4. The zero-order valence-electron chi connectivity index (χ0n) is 25.0. The van der Waals surface area contributed by atoms with Crippen molar-refractivity contribution in [3.05, 3.63) is 101 Å². The van der Waals surface area contributed by atoms with Crippen molar-refractivity contribution in [3.8, 4) is 5.75 Å². The Hall–Kier alpha value is -3.16. The molecule has 1 heterocycles. The fraction of sp³-hybridized carbons (Fsp3) is 0.457. The molecule has 226 valence electrons. The van der Waals surface area contributed by atoms with Gasteiger partial charge in [0.15, 0.2) is 0 Å². The molecule has 4 nitrogen and oxygen atoms in total. The van der Waals surface area contributed by atoms with Crippen LogP contribution in [0, 0.1) is 5.92 Å². The molecule has 1 N–H and O–H groups in total. The summed E-state index contributed by atoms with van der Waals surface area (Å²) in [4.78, 5) is 14.1. The molecule has 0 bridgehead atoms. The number of nitrogens with zero attached hydrogens (tertiary/aromatic N) is 1.